The lowest BCUT2D eigenvalue weighted by Gasteiger charge is -2.61. The highest BCUT2D eigenvalue weighted by Crippen LogP contribution is 2.72. The monoisotopic (exact) mass is 638 g/mol. The topological polar surface area (TPSA) is 155 Å². The van der Waals surface area contributed by atoms with Crippen molar-refractivity contribution < 1.29 is 49.3 Å². The fourth-order valence-corrected chi connectivity index (χ4v) is 9.18. The molecule has 46 heavy (non-hydrogen) atoms. The van der Waals surface area contributed by atoms with Crippen molar-refractivity contribution in [1.82, 2.24) is 0 Å². The largest absolute Gasteiger partial charge is 0.390 e. The third-order valence-corrected chi connectivity index (χ3v) is 11.3. The molecule has 0 radical (unpaired) electrons. The van der Waals surface area contributed by atoms with Crippen LogP contribution in [0.25, 0.3) is 0 Å². The second-order valence-corrected chi connectivity index (χ2v) is 14.0. The number of aliphatic hydroxyl groups excluding tert-OH is 3. The molecule has 1 aromatic carbocycles. The maximum Gasteiger partial charge on any atom is 0.313 e. The number of hydrogen-bond donors (Lipinski definition) is 5. The highest BCUT2D eigenvalue weighted by atomic mass is 16.9. The molecule has 13 atom stereocenters. The van der Waals surface area contributed by atoms with E-state index in [1.165, 1.54) is 18.2 Å². The zero-order valence-corrected chi connectivity index (χ0v) is 26.8. The van der Waals surface area contributed by atoms with Gasteiger partial charge in [-0.1, -0.05) is 75.1 Å². The molecule has 3 bridgehead atoms. The van der Waals surface area contributed by atoms with Gasteiger partial charge in [-0.25, -0.2) is 0 Å². The minimum absolute atomic E-state index is 0.135. The number of carbonyl (C=O) groups is 1. The van der Waals surface area contributed by atoms with Gasteiger partial charge in [0.2, 0.25) is 0 Å². The van der Waals surface area contributed by atoms with Crippen LogP contribution in [0.3, 0.4) is 0 Å². The maximum absolute atomic E-state index is 12.5. The Morgan fingerprint density at radius 1 is 1.07 bits per heavy atom. The number of fused-ring (bicyclic) bond motifs is 2. The van der Waals surface area contributed by atoms with Gasteiger partial charge in [0.15, 0.2) is 5.78 Å². The fraction of sp³-hybridized carbons (Fsp3) is 0.583. The van der Waals surface area contributed by atoms with E-state index in [9.17, 15) is 30.3 Å². The highest BCUT2D eigenvalue weighted by Gasteiger charge is 2.84. The summed E-state index contributed by atoms with van der Waals surface area (Å²) in [5, 5.41) is 60.8. The number of rotatable bonds is 9. The first-order chi connectivity index (χ1) is 21.7. The van der Waals surface area contributed by atoms with Crippen molar-refractivity contribution in [2.45, 2.75) is 93.3 Å². The first-order valence-electron chi connectivity index (χ1n) is 16.1. The predicted molar refractivity (Wildman–Crippen MR) is 167 cm³/mol. The van der Waals surface area contributed by atoms with Gasteiger partial charge in [0, 0.05) is 17.4 Å². The number of hydrogen-bond acceptors (Lipinski definition) is 10. The van der Waals surface area contributed by atoms with Crippen molar-refractivity contribution in [1.29, 1.82) is 0 Å². The molecule has 0 amide bonds. The summed E-state index contributed by atoms with van der Waals surface area (Å²) in [5.41, 5.74) is -6.14. The lowest BCUT2D eigenvalue weighted by molar-refractivity contribution is -0.446. The van der Waals surface area contributed by atoms with Crippen molar-refractivity contribution in [2.24, 2.45) is 23.7 Å². The second-order valence-electron chi connectivity index (χ2n) is 14.0. The van der Waals surface area contributed by atoms with Crippen molar-refractivity contribution in [3.63, 3.8) is 0 Å². The maximum atomic E-state index is 12.5. The van der Waals surface area contributed by atoms with E-state index in [1.54, 1.807) is 25.2 Å². The van der Waals surface area contributed by atoms with Gasteiger partial charge >= 0.3 is 5.97 Å². The molecule has 5 aliphatic rings. The Kier molecular flexibility index (Phi) is 8.40. The van der Waals surface area contributed by atoms with Gasteiger partial charge in [0.05, 0.1) is 31.0 Å². The van der Waals surface area contributed by atoms with E-state index in [1.807, 2.05) is 51.1 Å². The molecule has 0 unspecified atom stereocenters. The first-order valence-corrected chi connectivity index (χ1v) is 16.1. The minimum Gasteiger partial charge on any atom is -0.390 e. The molecule has 0 aromatic heterocycles. The van der Waals surface area contributed by atoms with E-state index in [-0.39, 0.29) is 18.8 Å². The van der Waals surface area contributed by atoms with Crippen LogP contribution in [0.5, 0.6) is 0 Å². The second kappa shape index (κ2) is 11.6. The zero-order chi connectivity index (χ0) is 33.3. The minimum atomic E-state index is -2.49. The van der Waals surface area contributed by atoms with Gasteiger partial charge in [0.25, 0.3) is 0 Å². The first kappa shape index (κ1) is 33.4. The molecule has 2 aliphatic heterocycles. The molecule has 3 aliphatic carbocycles. The molecule has 10 heteroatoms. The summed E-state index contributed by atoms with van der Waals surface area (Å²) in [6.07, 6.45) is 3.70. The molecule has 2 saturated heterocycles. The van der Waals surface area contributed by atoms with Crippen molar-refractivity contribution in [3.8, 4) is 0 Å². The third-order valence-electron chi connectivity index (χ3n) is 11.3. The van der Waals surface area contributed by atoms with Gasteiger partial charge in [-0.3, -0.25) is 4.79 Å². The summed E-state index contributed by atoms with van der Waals surface area (Å²) >= 11 is 0. The summed E-state index contributed by atoms with van der Waals surface area (Å²) < 4.78 is 26.3. The van der Waals surface area contributed by atoms with Crippen LogP contribution >= 0.6 is 0 Å². The molecular weight excluding hydrogens is 592 g/mol. The van der Waals surface area contributed by atoms with E-state index >= 15 is 0 Å². The summed E-state index contributed by atoms with van der Waals surface area (Å²) in [6.45, 7) is 10.9. The van der Waals surface area contributed by atoms with Crippen molar-refractivity contribution in [3.05, 3.63) is 84.5 Å². The molecule has 6 rings (SSSR count). The third kappa shape index (κ3) is 4.46. The Morgan fingerprint density at radius 2 is 1.78 bits per heavy atom. The Labute approximate surface area is 269 Å². The highest BCUT2D eigenvalue weighted by molar-refractivity contribution is 5.99. The molecule has 2 heterocycles. The van der Waals surface area contributed by atoms with Crippen LogP contribution in [-0.4, -0.2) is 91.3 Å². The van der Waals surface area contributed by atoms with Gasteiger partial charge in [-0.05, 0) is 56.3 Å². The van der Waals surface area contributed by atoms with Crippen LogP contribution in [0.2, 0.25) is 0 Å². The van der Waals surface area contributed by atoms with Gasteiger partial charge in [-0.2, -0.15) is 0 Å². The lowest BCUT2D eigenvalue weighted by atomic mass is 9.53. The number of benzene rings is 1. The van der Waals surface area contributed by atoms with Crippen LogP contribution in [0.1, 0.15) is 46.1 Å². The van der Waals surface area contributed by atoms with Crippen LogP contribution in [-0.2, 0) is 29.7 Å². The summed E-state index contributed by atoms with van der Waals surface area (Å²) in [4.78, 5) is 12.1. The zero-order valence-electron chi connectivity index (χ0n) is 26.8. The van der Waals surface area contributed by atoms with Crippen LogP contribution in [0.4, 0.5) is 0 Å². The Morgan fingerprint density at radius 3 is 2.46 bits per heavy atom. The number of carbonyl (C=O) groups excluding carboxylic acids is 1. The van der Waals surface area contributed by atoms with E-state index in [4.69, 9.17) is 18.9 Å². The summed E-state index contributed by atoms with van der Waals surface area (Å²) in [6, 6.07) is 9.14. The molecule has 250 valence electrons. The average Bonchev–Trinajstić information content (AvgIpc) is 3.39. The molecule has 5 N–H and O–H groups in total. The number of aliphatic hydroxyl groups is 5. The summed E-state index contributed by atoms with van der Waals surface area (Å²) in [5.74, 6) is -4.88. The normalized spacial score (nSPS) is 47.8. The van der Waals surface area contributed by atoms with Crippen LogP contribution < -0.4 is 0 Å². The smallest absolute Gasteiger partial charge is 0.313 e. The standard InChI is InChI=1S/C36H46O10/c1-6-7-9-15-25(37)16-12-17-43-20-32(41)29(39)27-30-33(21(2)3)19-23(5)35(27,26-18-22(4)28(38)34(26,42)31(32)40)46-36(44-30,45-33)24-13-10-8-11-14-24/h6-16,22-23,26-31,38-42H,2,17-20H2,1,3-5H3/b7-6+,15-9+,16-12+/t22-,23+,26+,27-,28-,29-,30+,31+,32+,33+,34+,35-,36+/m0/s1. The molecule has 10 nitrogen and oxygen atoms in total. The molecule has 5 fully saturated rings. The van der Waals surface area contributed by atoms with E-state index in [0.29, 0.717) is 17.6 Å². The Balaban J connectivity index is 1.44. The van der Waals surface area contributed by atoms with E-state index in [0.717, 1.165) is 0 Å². The number of allylic oxidation sites excluding steroid dienone is 5. The quantitative estimate of drug-likeness (QED) is 0.118. The molecule has 0 spiro atoms. The number of ether oxygens (including phenoxy) is 4. The van der Waals surface area contributed by atoms with Crippen molar-refractivity contribution in [2.75, 3.05) is 13.2 Å². The van der Waals surface area contributed by atoms with Crippen LogP contribution in [0, 0.1) is 23.7 Å². The molecule has 3 saturated carbocycles. The summed E-state index contributed by atoms with van der Waals surface area (Å²) in [7, 11) is 0. The average molecular weight is 639 g/mol. The van der Waals surface area contributed by atoms with Crippen LogP contribution in [0.15, 0.2) is 78.9 Å². The van der Waals surface area contributed by atoms with Gasteiger partial charge < -0.3 is 44.5 Å². The molecule has 1 aromatic rings. The SMILES string of the molecule is C=C(C)[C@]12C[C@@H](C)[C@@]34O[C@](c5ccccc5)(O[C@@H]1[C@@H]3[C@H](O)[C@](O)(COC/C=C/C(=O)/C=C/C=C/C)[C@@H](O)[C@@]1(O)[C@H]4C[C@H](C)[C@@H]1O)O2. The van der Waals surface area contributed by atoms with Gasteiger partial charge in [0.1, 0.15) is 29.0 Å². The Hall–Kier alpha value is -2.51. The predicted octanol–water partition coefficient (Wildman–Crippen LogP) is 2.44. The molecular formula is C36H46O10. The van der Waals surface area contributed by atoms with Crippen molar-refractivity contribution >= 4 is 5.78 Å². The Bertz CT molecular complexity index is 1440. The lowest BCUT2D eigenvalue weighted by Crippen LogP contribution is -2.73. The fourth-order valence-electron chi connectivity index (χ4n) is 9.18. The van der Waals surface area contributed by atoms with E-state index in [2.05, 4.69) is 6.58 Å². The van der Waals surface area contributed by atoms with Gasteiger partial charge in [-0.15, -0.1) is 0 Å². The number of ketones is 1. The van der Waals surface area contributed by atoms with E-state index < -0.39 is 83.1 Å².